The van der Waals surface area contributed by atoms with Gasteiger partial charge in [0, 0.05) is 6.07 Å². The summed E-state index contributed by atoms with van der Waals surface area (Å²) in [4.78, 5) is 3.28. The van der Waals surface area contributed by atoms with Gasteiger partial charge in [-0.1, -0.05) is 36.4 Å². The van der Waals surface area contributed by atoms with Gasteiger partial charge in [-0.3, -0.25) is 0 Å². The molecule has 1 heterocycles. The molecule has 120 valence electrons. The summed E-state index contributed by atoms with van der Waals surface area (Å²) in [5.41, 5.74) is 13.3. The van der Waals surface area contributed by atoms with Crippen LogP contribution >= 0.6 is 0 Å². The highest BCUT2D eigenvalue weighted by atomic mass is 16.5. The van der Waals surface area contributed by atoms with Crippen LogP contribution in [0.15, 0.2) is 70.9 Å². The first-order valence-corrected chi connectivity index (χ1v) is 7.46. The Hall–Kier alpha value is -3.41. The molecule has 0 saturated heterocycles. The van der Waals surface area contributed by atoms with Crippen molar-refractivity contribution in [2.45, 2.75) is 6.61 Å². The molecule has 6 heteroatoms. The van der Waals surface area contributed by atoms with Crippen LogP contribution in [0.4, 0.5) is 0 Å². The number of hydrogen-bond donors (Lipinski definition) is 2. The van der Waals surface area contributed by atoms with E-state index < -0.39 is 0 Å². The highest BCUT2D eigenvalue weighted by molar-refractivity contribution is 5.84. The average Bonchev–Trinajstić information content (AvgIpc) is 2.60. The maximum Gasteiger partial charge on any atom is 0.253 e. The van der Waals surface area contributed by atoms with Crippen molar-refractivity contribution in [3.05, 3.63) is 71.9 Å². The lowest BCUT2D eigenvalue weighted by Crippen LogP contribution is -2.22. The molecule has 0 aliphatic heterocycles. The Labute approximate surface area is 139 Å². The van der Waals surface area contributed by atoms with Gasteiger partial charge >= 0.3 is 0 Å². The first kappa shape index (κ1) is 15.5. The van der Waals surface area contributed by atoms with E-state index in [2.05, 4.69) is 15.2 Å². The molecule has 6 nitrogen and oxygen atoms in total. The van der Waals surface area contributed by atoms with E-state index in [1.807, 2.05) is 60.7 Å². The summed E-state index contributed by atoms with van der Waals surface area (Å²) in [7, 11) is 0. The average molecular weight is 320 g/mol. The monoisotopic (exact) mass is 320 g/mol. The van der Waals surface area contributed by atoms with E-state index in [1.54, 1.807) is 6.21 Å². The van der Waals surface area contributed by atoms with Crippen LogP contribution in [0.1, 0.15) is 11.3 Å². The first-order chi connectivity index (χ1) is 11.7. The minimum absolute atomic E-state index is 0.0843. The molecule has 5 N–H and O–H groups in total. The fourth-order valence-corrected chi connectivity index (χ4v) is 2.27. The molecule has 0 atom stereocenters. The van der Waals surface area contributed by atoms with Crippen molar-refractivity contribution < 1.29 is 9.72 Å². The Balaban J connectivity index is 1.87. The zero-order valence-corrected chi connectivity index (χ0v) is 13.0. The largest absolute Gasteiger partial charge is 0.482 e. The Bertz CT molecular complexity index is 886. The van der Waals surface area contributed by atoms with Crippen LogP contribution in [0.5, 0.6) is 5.75 Å². The SMILES string of the molecule is NC(N)=N/N=C\c1ccc2cccc(OCc3ccccc3)c2[nH+]1. The molecule has 0 bridgehead atoms. The van der Waals surface area contributed by atoms with Gasteiger partial charge in [0.2, 0.25) is 11.7 Å². The van der Waals surface area contributed by atoms with Crippen molar-refractivity contribution in [3.63, 3.8) is 0 Å². The summed E-state index contributed by atoms with van der Waals surface area (Å²) >= 11 is 0. The van der Waals surface area contributed by atoms with E-state index in [9.17, 15) is 0 Å². The molecule has 24 heavy (non-hydrogen) atoms. The molecule has 0 aliphatic rings. The third kappa shape index (κ3) is 3.86. The smallest absolute Gasteiger partial charge is 0.253 e. The number of pyridine rings is 1. The second-order valence-electron chi connectivity index (χ2n) is 5.18. The molecule has 3 rings (SSSR count). The molecule has 0 spiro atoms. The van der Waals surface area contributed by atoms with Crippen LogP contribution in [-0.2, 0) is 6.61 Å². The summed E-state index contributed by atoms with van der Waals surface area (Å²) < 4.78 is 5.96. The van der Waals surface area contributed by atoms with E-state index in [0.29, 0.717) is 6.61 Å². The number of rotatable bonds is 5. The zero-order valence-electron chi connectivity index (χ0n) is 13.0. The van der Waals surface area contributed by atoms with Crippen LogP contribution in [-0.4, -0.2) is 12.2 Å². The molecule has 1 aromatic heterocycles. The second-order valence-corrected chi connectivity index (χ2v) is 5.18. The molecule has 0 unspecified atom stereocenters. The van der Waals surface area contributed by atoms with E-state index >= 15 is 0 Å². The van der Waals surface area contributed by atoms with Crippen LogP contribution in [0.25, 0.3) is 10.9 Å². The van der Waals surface area contributed by atoms with Gasteiger partial charge in [-0.15, -0.1) is 10.2 Å². The van der Waals surface area contributed by atoms with Gasteiger partial charge < -0.3 is 16.2 Å². The molecular weight excluding hydrogens is 302 g/mol. The number of aromatic amines is 1. The highest BCUT2D eigenvalue weighted by Crippen LogP contribution is 2.22. The summed E-state index contributed by atoms with van der Waals surface area (Å²) in [5, 5.41) is 8.44. The first-order valence-electron chi connectivity index (χ1n) is 7.46. The quantitative estimate of drug-likeness (QED) is 0.426. The number of nitrogens with zero attached hydrogens (tertiary/aromatic N) is 2. The lowest BCUT2D eigenvalue weighted by atomic mass is 10.2. The molecule has 0 saturated carbocycles. The molecule has 0 aliphatic carbocycles. The summed E-state index contributed by atoms with van der Waals surface area (Å²) in [5.74, 6) is 0.687. The normalized spacial score (nSPS) is 10.8. The van der Waals surface area contributed by atoms with Gasteiger partial charge in [0.25, 0.3) is 5.52 Å². The fraction of sp³-hybridized carbons (Fsp3) is 0.0556. The number of benzene rings is 2. The van der Waals surface area contributed by atoms with Crippen LogP contribution < -0.4 is 21.2 Å². The minimum atomic E-state index is -0.0843. The number of para-hydroxylation sites is 1. The number of hydrogen-bond acceptors (Lipinski definition) is 3. The van der Waals surface area contributed by atoms with Crippen LogP contribution in [0, 0.1) is 0 Å². The highest BCUT2D eigenvalue weighted by Gasteiger charge is 2.10. The van der Waals surface area contributed by atoms with E-state index in [1.165, 1.54) is 0 Å². The van der Waals surface area contributed by atoms with Gasteiger partial charge in [0.15, 0.2) is 5.75 Å². The van der Waals surface area contributed by atoms with Crippen molar-refractivity contribution in [2.24, 2.45) is 21.7 Å². The molecular formula is C18H18N5O+. The van der Waals surface area contributed by atoms with Gasteiger partial charge in [-0.2, -0.15) is 0 Å². The number of nitrogens with two attached hydrogens (primary N) is 2. The zero-order chi connectivity index (χ0) is 16.8. The predicted molar refractivity (Wildman–Crippen MR) is 94.7 cm³/mol. The lowest BCUT2D eigenvalue weighted by molar-refractivity contribution is -0.347. The molecule has 3 aromatic rings. The second kappa shape index (κ2) is 7.23. The van der Waals surface area contributed by atoms with Crippen molar-refractivity contribution in [2.75, 3.05) is 0 Å². The molecule has 0 fully saturated rings. The van der Waals surface area contributed by atoms with E-state index in [4.69, 9.17) is 16.2 Å². The number of guanidine groups is 1. The van der Waals surface area contributed by atoms with Gasteiger partial charge in [0.1, 0.15) is 12.8 Å². The number of ether oxygens (including phenoxy) is 1. The molecule has 0 radical (unpaired) electrons. The summed E-state index contributed by atoms with van der Waals surface area (Å²) in [6, 6.07) is 19.8. The van der Waals surface area contributed by atoms with Crippen molar-refractivity contribution in [1.29, 1.82) is 0 Å². The number of aromatic nitrogens is 1. The Kier molecular flexibility index (Phi) is 4.67. The van der Waals surface area contributed by atoms with Crippen LogP contribution in [0.3, 0.4) is 0 Å². The summed E-state index contributed by atoms with van der Waals surface area (Å²) in [6.45, 7) is 0.500. The molecule has 0 amide bonds. The van der Waals surface area contributed by atoms with E-state index in [-0.39, 0.29) is 5.96 Å². The maximum atomic E-state index is 5.96. The lowest BCUT2D eigenvalue weighted by Gasteiger charge is -2.06. The van der Waals surface area contributed by atoms with Gasteiger partial charge in [-0.05, 0) is 23.8 Å². The third-order valence-electron chi connectivity index (χ3n) is 3.38. The van der Waals surface area contributed by atoms with Crippen LogP contribution in [0.2, 0.25) is 0 Å². The van der Waals surface area contributed by atoms with E-state index in [0.717, 1.165) is 27.9 Å². The maximum absolute atomic E-state index is 5.96. The van der Waals surface area contributed by atoms with Gasteiger partial charge in [0.05, 0.1) is 5.39 Å². The number of fused-ring (bicyclic) bond motifs is 1. The Morgan fingerprint density at radius 2 is 1.83 bits per heavy atom. The Morgan fingerprint density at radius 3 is 2.62 bits per heavy atom. The fourth-order valence-electron chi connectivity index (χ4n) is 2.27. The van der Waals surface area contributed by atoms with Crippen molar-refractivity contribution in [1.82, 2.24) is 0 Å². The number of H-pyrrole nitrogens is 1. The Morgan fingerprint density at radius 1 is 1.00 bits per heavy atom. The van der Waals surface area contributed by atoms with Crippen molar-refractivity contribution in [3.8, 4) is 5.75 Å². The van der Waals surface area contributed by atoms with Crippen molar-refractivity contribution >= 4 is 23.1 Å². The molecule has 2 aromatic carbocycles. The standard InChI is InChI=1S/C18H17N5O/c19-18(20)23-21-11-15-10-9-14-7-4-8-16(17(14)22-15)24-12-13-5-2-1-3-6-13/h1-11H,12H2,(H4,19,20,23)/p+1/b21-11-. The third-order valence-corrected chi connectivity index (χ3v) is 3.38. The topological polar surface area (TPSA) is 100 Å². The predicted octanol–water partition coefficient (Wildman–Crippen LogP) is 1.84. The van der Waals surface area contributed by atoms with Gasteiger partial charge in [-0.25, -0.2) is 4.98 Å². The summed E-state index contributed by atoms with van der Waals surface area (Å²) in [6.07, 6.45) is 1.55. The number of nitrogens with one attached hydrogen (secondary N) is 1. The minimum Gasteiger partial charge on any atom is -0.482 e.